The van der Waals surface area contributed by atoms with E-state index in [-0.39, 0.29) is 18.7 Å². The van der Waals surface area contributed by atoms with E-state index in [1.165, 1.54) is 25.7 Å². The van der Waals surface area contributed by atoms with E-state index < -0.39 is 0 Å². The summed E-state index contributed by atoms with van der Waals surface area (Å²) >= 11 is 0. The highest BCUT2D eigenvalue weighted by atomic mass is 16.3. The number of nitrogens with zero attached hydrogens (tertiary/aromatic N) is 1. The summed E-state index contributed by atoms with van der Waals surface area (Å²) in [7, 11) is 1.73. The van der Waals surface area contributed by atoms with Gasteiger partial charge >= 0.3 is 6.03 Å². The first kappa shape index (κ1) is 13.7. The van der Waals surface area contributed by atoms with Crippen molar-refractivity contribution in [2.75, 3.05) is 20.2 Å². The van der Waals surface area contributed by atoms with Crippen LogP contribution in [-0.4, -0.2) is 42.3 Å². The van der Waals surface area contributed by atoms with E-state index in [1.807, 2.05) is 6.92 Å². The zero-order valence-corrected chi connectivity index (χ0v) is 11.6. The van der Waals surface area contributed by atoms with E-state index in [4.69, 9.17) is 5.11 Å². The van der Waals surface area contributed by atoms with E-state index in [2.05, 4.69) is 5.32 Å². The topological polar surface area (TPSA) is 52.6 Å². The van der Waals surface area contributed by atoms with Gasteiger partial charge in [-0.05, 0) is 50.4 Å². The molecule has 0 heterocycles. The first-order valence-electron chi connectivity index (χ1n) is 7.23. The van der Waals surface area contributed by atoms with Gasteiger partial charge in [0, 0.05) is 13.6 Å². The van der Waals surface area contributed by atoms with Crippen molar-refractivity contribution in [3.63, 3.8) is 0 Å². The fraction of sp³-hybridized carbons (Fsp3) is 0.929. The molecule has 2 rings (SSSR count). The third-order valence-corrected chi connectivity index (χ3v) is 4.92. The Morgan fingerprint density at radius 1 is 1.44 bits per heavy atom. The third kappa shape index (κ3) is 2.97. The van der Waals surface area contributed by atoms with Gasteiger partial charge < -0.3 is 15.3 Å². The molecule has 0 saturated heterocycles. The van der Waals surface area contributed by atoms with Crippen molar-refractivity contribution in [1.82, 2.24) is 10.2 Å². The zero-order valence-electron chi connectivity index (χ0n) is 11.6. The van der Waals surface area contributed by atoms with Gasteiger partial charge in [0.25, 0.3) is 0 Å². The highest BCUT2D eigenvalue weighted by molar-refractivity contribution is 5.74. The molecule has 0 aromatic heterocycles. The van der Waals surface area contributed by atoms with Crippen molar-refractivity contribution >= 4 is 6.03 Å². The Bertz CT molecular complexity index is 296. The van der Waals surface area contributed by atoms with Crippen molar-refractivity contribution in [3.05, 3.63) is 0 Å². The Labute approximate surface area is 110 Å². The van der Waals surface area contributed by atoms with Crippen LogP contribution in [0.1, 0.15) is 39.0 Å². The van der Waals surface area contributed by atoms with Crippen molar-refractivity contribution < 1.29 is 9.90 Å². The maximum absolute atomic E-state index is 11.8. The molecule has 2 fully saturated rings. The molecule has 4 nitrogen and oxygen atoms in total. The SMILES string of the molecule is CC(CO)N(C)C(=O)NCCC1CC2CCC1C2. The maximum atomic E-state index is 11.8. The molecule has 2 amide bonds. The largest absolute Gasteiger partial charge is 0.394 e. The molecular weight excluding hydrogens is 228 g/mol. The normalized spacial score (nSPS) is 31.4. The van der Waals surface area contributed by atoms with Gasteiger partial charge in [-0.25, -0.2) is 4.79 Å². The molecule has 2 aliphatic rings. The van der Waals surface area contributed by atoms with Crippen molar-refractivity contribution in [2.45, 2.75) is 45.1 Å². The number of amides is 2. The third-order valence-electron chi connectivity index (χ3n) is 4.92. The van der Waals surface area contributed by atoms with Gasteiger partial charge in [-0.2, -0.15) is 0 Å². The molecule has 2 bridgehead atoms. The highest BCUT2D eigenvalue weighted by Crippen LogP contribution is 2.49. The Morgan fingerprint density at radius 2 is 2.22 bits per heavy atom. The number of carbonyl (C=O) groups is 1. The summed E-state index contributed by atoms with van der Waals surface area (Å²) in [6.45, 7) is 2.63. The molecule has 0 spiro atoms. The van der Waals surface area contributed by atoms with Gasteiger partial charge in [0.05, 0.1) is 12.6 Å². The van der Waals surface area contributed by atoms with E-state index in [0.29, 0.717) is 0 Å². The Hall–Kier alpha value is -0.770. The second-order valence-electron chi connectivity index (χ2n) is 6.10. The average molecular weight is 254 g/mol. The number of aliphatic hydroxyl groups excluding tert-OH is 1. The van der Waals surface area contributed by atoms with Crippen LogP contribution in [0.4, 0.5) is 4.79 Å². The fourth-order valence-electron chi connectivity index (χ4n) is 3.54. The Kier molecular flexibility index (Phi) is 4.49. The molecule has 4 heteroatoms. The van der Waals surface area contributed by atoms with E-state index in [0.717, 1.165) is 30.7 Å². The summed E-state index contributed by atoms with van der Waals surface area (Å²) in [6.07, 6.45) is 6.77. The fourth-order valence-corrected chi connectivity index (χ4v) is 3.54. The summed E-state index contributed by atoms with van der Waals surface area (Å²) in [4.78, 5) is 13.4. The molecule has 0 aromatic rings. The van der Waals surface area contributed by atoms with Gasteiger partial charge in [-0.15, -0.1) is 0 Å². The van der Waals surface area contributed by atoms with Gasteiger partial charge in [0.1, 0.15) is 0 Å². The maximum Gasteiger partial charge on any atom is 0.317 e. The van der Waals surface area contributed by atoms with E-state index in [9.17, 15) is 4.79 Å². The summed E-state index contributed by atoms with van der Waals surface area (Å²) in [6, 6.07) is -0.188. The van der Waals surface area contributed by atoms with Crippen LogP contribution in [0.2, 0.25) is 0 Å². The summed E-state index contributed by atoms with van der Waals surface area (Å²) < 4.78 is 0. The van der Waals surface area contributed by atoms with Crippen LogP contribution in [0.15, 0.2) is 0 Å². The second-order valence-corrected chi connectivity index (χ2v) is 6.10. The number of nitrogens with one attached hydrogen (secondary N) is 1. The summed E-state index contributed by atoms with van der Waals surface area (Å²) in [5, 5.41) is 12.0. The van der Waals surface area contributed by atoms with E-state index in [1.54, 1.807) is 11.9 Å². The lowest BCUT2D eigenvalue weighted by Gasteiger charge is -2.25. The lowest BCUT2D eigenvalue weighted by Crippen LogP contribution is -2.44. The number of aliphatic hydroxyl groups is 1. The molecule has 4 unspecified atom stereocenters. The molecule has 2 saturated carbocycles. The number of carbonyl (C=O) groups excluding carboxylic acids is 1. The van der Waals surface area contributed by atoms with Crippen LogP contribution >= 0.6 is 0 Å². The minimum absolute atomic E-state index is 0.0102. The van der Waals surface area contributed by atoms with Gasteiger partial charge in [0.15, 0.2) is 0 Å². The molecule has 2 aliphatic carbocycles. The van der Waals surface area contributed by atoms with Gasteiger partial charge in [-0.3, -0.25) is 0 Å². The van der Waals surface area contributed by atoms with E-state index >= 15 is 0 Å². The van der Waals surface area contributed by atoms with Crippen LogP contribution in [0.3, 0.4) is 0 Å². The molecule has 0 aliphatic heterocycles. The second kappa shape index (κ2) is 5.91. The molecule has 18 heavy (non-hydrogen) atoms. The van der Waals surface area contributed by atoms with Crippen LogP contribution in [0.5, 0.6) is 0 Å². The molecule has 4 atom stereocenters. The zero-order chi connectivity index (χ0) is 13.1. The lowest BCUT2D eigenvalue weighted by molar-refractivity contribution is 0.156. The minimum Gasteiger partial charge on any atom is -0.394 e. The van der Waals surface area contributed by atoms with Crippen LogP contribution in [0, 0.1) is 17.8 Å². The molecule has 2 N–H and O–H groups in total. The molecule has 104 valence electrons. The number of hydrogen-bond donors (Lipinski definition) is 2. The number of likely N-dealkylation sites (N-methyl/N-ethyl adjacent to an activating group) is 1. The lowest BCUT2D eigenvalue weighted by atomic mass is 9.86. The quantitative estimate of drug-likeness (QED) is 0.786. The Balaban J connectivity index is 1.65. The van der Waals surface area contributed by atoms with Crippen LogP contribution in [0.25, 0.3) is 0 Å². The summed E-state index contributed by atoms with van der Waals surface area (Å²) in [5.74, 6) is 2.75. The first-order chi connectivity index (χ1) is 8.61. The van der Waals surface area contributed by atoms with Gasteiger partial charge in [0.2, 0.25) is 0 Å². The highest BCUT2D eigenvalue weighted by Gasteiger charge is 2.38. The molecular formula is C14H26N2O2. The van der Waals surface area contributed by atoms with Crippen molar-refractivity contribution in [2.24, 2.45) is 17.8 Å². The first-order valence-corrected chi connectivity index (χ1v) is 7.23. The molecule has 0 aromatic carbocycles. The summed E-state index contributed by atoms with van der Waals surface area (Å²) in [5.41, 5.74) is 0. The monoisotopic (exact) mass is 254 g/mol. The molecule has 0 radical (unpaired) electrons. The van der Waals surface area contributed by atoms with Crippen LogP contribution in [-0.2, 0) is 0 Å². The van der Waals surface area contributed by atoms with Crippen LogP contribution < -0.4 is 5.32 Å². The standard InChI is InChI=1S/C14H26N2O2/c1-10(9-17)16(2)14(18)15-6-5-13-8-11-3-4-12(13)7-11/h10-13,17H,3-9H2,1-2H3,(H,15,18). The number of fused-ring (bicyclic) bond motifs is 2. The number of rotatable bonds is 5. The average Bonchev–Trinajstić information content (AvgIpc) is 2.99. The van der Waals surface area contributed by atoms with Crippen molar-refractivity contribution in [3.8, 4) is 0 Å². The van der Waals surface area contributed by atoms with Crippen molar-refractivity contribution in [1.29, 1.82) is 0 Å². The predicted octanol–water partition coefficient (Wildman–Crippen LogP) is 1.83. The Morgan fingerprint density at radius 3 is 2.78 bits per heavy atom. The predicted molar refractivity (Wildman–Crippen MR) is 71.3 cm³/mol. The number of urea groups is 1. The minimum atomic E-state index is -0.118. The van der Waals surface area contributed by atoms with Gasteiger partial charge in [-0.1, -0.05) is 6.42 Å². The number of hydrogen-bond acceptors (Lipinski definition) is 2. The smallest absolute Gasteiger partial charge is 0.317 e.